The molecule has 0 radical (unpaired) electrons. The van der Waals surface area contributed by atoms with Crippen molar-refractivity contribution >= 4 is 35.9 Å². The smallest absolute Gasteiger partial charge is 0.303 e. The highest BCUT2D eigenvalue weighted by Gasteiger charge is 2.45. The van der Waals surface area contributed by atoms with Crippen LogP contribution in [0, 0.1) is 5.92 Å². The maximum atomic E-state index is 11.9. The molecule has 32 heavy (non-hydrogen) atoms. The van der Waals surface area contributed by atoms with E-state index in [1.165, 1.54) is 0 Å². The van der Waals surface area contributed by atoms with Crippen molar-refractivity contribution in [3.05, 3.63) is 0 Å². The molecule has 5 atom stereocenters. The van der Waals surface area contributed by atoms with Crippen molar-refractivity contribution in [1.29, 1.82) is 0 Å². The highest BCUT2D eigenvalue weighted by Crippen LogP contribution is 2.29. The molecule has 0 aromatic heterocycles. The molecule has 1 aliphatic rings. The first-order chi connectivity index (χ1) is 15.1. The molecule has 0 spiro atoms. The molecule has 12 nitrogen and oxygen atoms in total. The van der Waals surface area contributed by atoms with Gasteiger partial charge in [0.15, 0.2) is 18.3 Å². The first kappa shape index (κ1) is 27.0. The second-order valence-electron chi connectivity index (χ2n) is 6.88. The Kier molecular flexibility index (Phi) is 11.3. The predicted molar refractivity (Wildman–Crippen MR) is 106 cm³/mol. The van der Waals surface area contributed by atoms with Gasteiger partial charge in [0.05, 0.1) is 12.1 Å². The molecule has 0 aliphatic carbocycles. The summed E-state index contributed by atoms with van der Waals surface area (Å²) in [5.74, 6) is -3.87. The van der Waals surface area contributed by atoms with E-state index >= 15 is 0 Å². The van der Waals surface area contributed by atoms with Crippen LogP contribution < -0.4 is 0 Å². The molecule has 0 bridgehead atoms. The van der Waals surface area contributed by atoms with E-state index in [-0.39, 0.29) is 12.8 Å². The summed E-state index contributed by atoms with van der Waals surface area (Å²) < 4.78 is 26.3. The summed E-state index contributed by atoms with van der Waals surface area (Å²) >= 11 is 0. The Hall–Kier alpha value is -3.02. The minimum absolute atomic E-state index is 0.166. The van der Waals surface area contributed by atoms with Gasteiger partial charge in [-0.05, 0) is 6.92 Å². The van der Waals surface area contributed by atoms with Crippen molar-refractivity contribution in [1.82, 2.24) is 0 Å². The van der Waals surface area contributed by atoms with Crippen LogP contribution in [0.5, 0.6) is 0 Å². The third-order valence-electron chi connectivity index (χ3n) is 4.25. The Morgan fingerprint density at radius 3 is 2.09 bits per heavy atom. The van der Waals surface area contributed by atoms with E-state index in [0.29, 0.717) is 18.6 Å². The molecule has 1 heterocycles. The standard InChI is InChI=1S/C20H29NO11/c1-6-27-18-9-16(21-32-18)15(7-8-22)19(30-13(4)25)20(31-14(5)26)17(29-12(3)24)10-28-11(2)23/h8,15,17-20H,6-7,9-10H2,1-5H3/t15-,17-,18-,19-,20-/m1/s1. The Labute approximate surface area is 185 Å². The van der Waals surface area contributed by atoms with Crippen molar-refractivity contribution in [2.24, 2.45) is 11.1 Å². The van der Waals surface area contributed by atoms with Gasteiger partial charge >= 0.3 is 23.9 Å². The third kappa shape index (κ3) is 9.00. The predicted octanol–water partition coefficient (Wildman–Crippen LogP) is 0.689. The van der Waals surface area contributed by atoms with Gasteiger partial charge in [-0.1, -0.05) is 5.16 Å². The molecule has 0 aromatic rings. The van der Waals surface area contributed by atoms with E-state index in [0.717, 1.165) is 27.7 Å². The van der Waals surface area contributed by atoms with E-state index < -0.39 is 61.0 Å². The lowest BCUT2D eigenvalue weighted by Crippen LogP contribution is -2.52. The van der Waals surface area contributed by atoms with Gasteiger partial charge in [-0.15, -0.1) is 0 Å². The van der Waals surface area contributed by atoms with E-state index in [2.05, 4.69) is 5.16 Å². The number of esters is 4. The summed E-state index contributed by atoms with van der Waals surface area (Å²) in [6.07, 6.45) is -4.20. The summed E-state index contributed by atoms with van der Waals surface area (Å²) in [6, 6.07) is 0. The van der Waals surface area contributed by atoms with Crippen molar-refractivity contribution in [3.8, 4) is 0 Å². The third-order valence-corrected chi connectivity index (χ3v) is 4.25. The van der Waals surface area contributed by atoms with Gasteiger partial charge in [-0.25, -0.2) is 0 Å². The van der Waals surface area contributed by atoms with E-state index in [1.54, 1.807) is 6.92 Å². The zero-order valence-corrected chi connectivity index (χ0v) is 18.7. The number of carbonyl (C=O) groups is 5. The highest BCUT2D eigenvalue weighted by molar-refractivity contribution is 5.90. The van der Waals surface area contributed by atoms with E-state index in [4.69, 9.17) is 28.5 Å². The Morgan fingerprint density at radius 2 is 1.59 bits per heavy atom. The molecule has 180 valence electrons. The van der Waals surface area contributed by atoms with Gasteiger partial charge in [-0.3, -0.25) is 19.2 Å². The maximum absolute atomic E-state index is 11.9. The van der Waals surface area contributed by atoms with Gasteiger partial charge in [0.1, 0.15) is 12.9 Å². The number of carbonyl (C=O) groups excluding carboxylic acids is 5. The van der Waals surface area contributed by atoms with Crippen LogP contribution in [-0.2, 0) is 52.5 Å². The minimum atomic E-state index is -1.42. The summed E-state index contributed by atoms with van der Waals surface area (Å²) in [7, 11) is 0. The average Bonchev–Trinajstić information content (AvgIpc) is 3.14. The molecule has 0 saturated heterocycles. The molecule has 0 saturated carbocycles. The number of hydrogen-bond donors (Lipinski definition) is 0. The van der Waals surface area contributed by atoms with Crippen LogP contribution in [0.25, 0.3) is 0 Å². The van der Waals surface area contributed by atoms with Crippen molar-refractivity contribution in [2.45, 2.75) is 72.1 Å². The highest BCUT2D eigenvalue weighted by atomic mass is 16.8. The molecule has 0 aromatic carbocycles. The molecular formula is C20H29NO11. The number of oxime groups is 1. The van der Waals surface area contributed by atoms with Gasteiger partial charge in [0, 0.05) is 46.6 Å². The lowest BCUT2D eigenvalue weighted by Gasteiger charge is -2.35. The first-order valence-corrected chi connectivity index (χ1v) is 10.0. The first-order valence-electron chi connectivity index (χ1n) is 10.0. The monoisotopic (exact) mass is 459 g/mol. The second kappa shape index (κ2) is 13.4. The van der Waals surface area contributed by atoms with Crippen LogP contribution in [0.15, 0.2) is 5.16 Å². The largest absolute Gasteiger partial charge is 0.462 e. The van der Waals surface area contributed by atoms with Gasteiger partial charge in [0.25, 0.3) is 0 Å². The molecule has 0 unspecified atom stereocenters. The van der Waals surface area contributed by atoms with Crippen LogP contribution in [0.2, 0.25) is 0 Å². The van der Waals surface area contributed by atoms with Crippen molar-refractivity contribution in [2.75, 3.05) is 13.2 Å². The zero-order valence-electron chi connectivity index (χ0n) is 18.7. The summed E-state index contributed by atoms with van der Waals surface area (Å²) in [4.78, 5) is 63.4. The van der Waals surface area contributed by atoms with Crippen LogP contribution in [0.3, 0.4) is 0 Å². The summed E-state index contributed by atoms with van der Waals surface area (Å²) in [6.45, 7) is 6.11. The molecule has 12 heteroatoms. The molecule has 0 fully saturated rings. The second-order valence-corrected chi connectivity index (χ2v) is 6.88. The normalized spacial score (nSPS) is 18.8. The fourth-order valence-electron chi connectivity index (χ4n) is 3.15. The molecular weight excluding hydrogens is 430 g/mol. The lowest BCUT2D eigenvalue weighted by molar-refractivity contribution is -0.191. The maximum Gasteiger partial charge on any atom is 0.303 e. The molecule has 1 aliphatic heterocycles. The SMILES string of the molecule is CCO[C@H]1CC([C@@H](CC=O)[C@@H](OC(C)=O)[C@H](OC(C)=O)[C@@H](COC(C)=O)OC(C)=O)=NO1. The van der Waals surface area contributed by atoms with Gasteiger partial charge < -0.3 is 33.3 Å². The zero-order chi connectivity index (χ0) is 24.3. The fraction of sp³-hybridized carbons (Fsp3) is 0.700. The number of aldehydes is 1. The Morgan fingerprint density at radius 1 is 1.00 bits per heavy atom. The summed E-state index contributed by atoms with van der Waals surface area (Å²) in [5, 5.41) is 3.95. The molecule has 0 amide bonds. The van der Waals surface area contributed by atoms with Crippen molar-refractivity contribution < 1.29 is 52.5 Å². The average molecular weight is 459 g/mol. The van der Waals surface area contributed by atoms with Crippen LogP contribution >= 0.6 is 0 Å². The fourth-order valence-corrected chi connectivity index (χ4v) is 3.15. The van der Waals surface area contributed by atoms with Crippen LogP contribution in [0.4, 0.5) is 0 Å². The van der Waals surface area contributed by atoms with Crippen molar-refractivity contribution in [3.63, 3.8) is 0 Å². The Balaban J connectivity index is 3.39. The quantitative estimate of drug-likeness (QED) is 0.217. The number of rotatable bonds is 13. The number of nitrogens with zero attached hydrogens (tertiary/aromatic N) is 1. The van der Waals surface area contributed by atoms with E-state index in [1.807, 2.05) is 0 Å². The van der Waals surface area contributed by atoms with Gasteiger partial charge in [-0.2, -0.15) is 0 Å². The number of hydrogen-bond acceptors (Lipinski definition) is 12. The van der Waals surface area contributed by atoms with Crippen LogP contribution in [0.1, 0.15) is 47.5 Å². The summed E-state index contributed by atoms with van der Waals surface area (Å²) in [5.41, 5.74) is 0.327. The molecule has 1 rings (SSSR count). The lowest BCUT2D eigenvalue weighted by atomic mass is 9.86. The molecule has 0 N–H and O–H groups in total. The van der Waals surface area contributed by atoms with Crippen LogP contribution in [-0.4, -0.2) is 73.7 Å². The number of ether oxygens (including phenoxy) is 5. The van der Waals surface area contributed by atoms with Gasteiger partial charge in [0.2, 0.25) is 6.29 Å². The Bertz CT molecular complexity index is 720. The van der Waals surface area contributed by atoms with E-state index in [9.17, 15) is 24.0 Å². The minimum Gasteiger partial charge on any atom is -0.462 e. The topological polar surface area (TPSA) is 153 Å².